The van der Waals surface area contributed by atoms with Crippen molar-refractivity contribution < 1.29 is 28.6 Å². The van der Waals surface area contributed by atoms with Crippen molar-refractivity contribution in [1.82, 2.24) is 0 Å². The standard InChI is InChI=1S/C65H100O6/c1-4-7-10-13-16-19-22-25-28-31-32-35-37-40-43-46-49-52-55-58-64(67)70-61-62(71-65(68)59-56-53-50-47-44-41-38-34-30-27-24-21-18-15-12-9-6-3)60-69-63(66)57-54-51-48-45-42-39-36-33-29-26-23-20-17-14-11-8-5-2/h9,12,16-21,25-30,32,35-36,38-41,43,45,47-48,50,62H,4-8,10-11,13-15,22-24,31,33-34,37,42,44,46,49,51-61H2,1-3H3/b12-9+,19-16+,20-17+,21-18+,28-25+,29-26+,30-27+,35-32+,39-36+,41-38+,43-40+,48-45+,50-47+/t62-/m1/s1. The Hall–Kier alpha value is -4.97. The van der Waals surface area contributed by atoms with Gasteiger partial charge in [0.1, 0.15) is 13.2 Å². The summed E-state index contributed by atoms with van der Waals surface area (Å²) < 4.78 is 16.7. The first-order valence-corrected chi connectivity index (χ1v) is 28.0. The fourth-order valence-electron chi connectivity index (χ4n) is 6.80. The highest BCUT2D eigenvalue weighted by Crippen LogP contribution is 2.10. The van der Waals surface area contributed by atoms with Gasteiger partial charge in [-0.2, -0.15) is 0 Å². The van der Waals surface area contributed by atoms with Crippen molar-refractivity contribution in [1.29, 1.82) is 0 Å². The topological polar surface area (TPSA) is 78.9 Å². The Morgan fingerprint density at radius 1 is 0.296 bits per heavy atom. The molecule has 0 rings (SSSR count). The van der Waals surface area contributed by atoms with Crippen molar-refractivity contribution in [3.8, 4) is 0 Å². The molecule has 0 aliphatic rings. The fraction of sp³-hybridized carbons (Fsp3) is 0.554. The van der Waals surface area contributed by atoms with Crippen molar-refractivity contribution in [2.75, 3.05) is 13.2 Å². The lowest BCUT2D eigenvalue weighted by atomic mass is 10.1. The SMILES string of the molecule is CC/C=C/C/C=C/C/C=C/C/C=C/C/C=C/CCCC(=O)O[C@H](COC(=O)CCC/C=C/C/C=C/C/C=C/C/C=C/CCCCC)COC(=O)CCCCC/C=C/C/C=C/C/C=C/C/C=C/CCCCC. The number of carbonyl (C=O) groups excluding carboxylic acids is 3. The van der Waals surface area contributed by atoms with Crippen molar-refractivity contribution in [2.45, 2.75) is 219 Å². The maximum absolute atomic E-state index is 12.8. The third kappa shape index (κ3) is 55.8. The van der Waals surface area contributed by atoms with Crippen LogP contribution >= 0.6 is 0 Å². The molecule has 1 atom stereocenters. The summed E-state index contributed by atoms with van der Waals surface area (Å²) in [5.74, 6) is -1.10. The lowest BCUT2D eigenvalue weighted by molar-refractivity contribution is -0.167. The molecule has 0 radical (unpaired) electrons. The van der Waals surface area contributed by atoms with E-state index in [2.05, 4.69) is 179 Å². The Bertz CT molecular complexity index is 1640. The summed E-state index contributed by atoms with van der Waals surface area (Å²) >= 11 is 0. The average molecular weight is 978 g/mol. The van der Waals surface area contributed by atoms with Gasteiger partial charge in [-0.25, -0.2) is 0 Å². The number of unbranched alkanes of at least 4 members (excludes halogenated alkanes) is 11. The summed E-state index contributed by atoms with van der Waals surface area (Å²) in [5, 5.41) is 0. The maximum Gasteiger partial charge on any atom is 0.306 e. The second kappa shape index (κ2) is 57.6. The molecule has 0 aromatic carbocycles. The van der Waals surface area contributed by atoms with E-state index in [1.807, 2.05) is 0 Å². The Kier molecular flexibility index (Phi) is 53.6. The third-order valence-electron chi connectivity index (χ3n) is 11.0. The van der Waals surface area contributed by atoms with Gasteiger partial charge in [0.15, 0.2) is 6.10 Å². The van der Waals surface area contributed by atoms with Crippen LogP contribution in [0.5, 0.6) is 0 Å². The van der Waals surface area contributed by atoms with Crippen LogP contribution in [-0.2, 0) is 28.6 Å². The van der Waals surface area contributed by atoms with E-state index in [1.165, 1.54) is 51.4 Å². The van der Waals surface area contributed by atoms with Crippen LogP contribution in [0.1, 0.15) is 213 Å². The second-order valence-corrected chi connectivity index (χ2v) is 17.7. The molecule has 0 saturated carbocycles. The lowest BCUT2D eigenvalue weighted by Crippen LogP contribution is -2.30. The van der Waals surface area contributed by atoms with E-state index >= 15 is 0 Å². The number of hydrogen-bond donors (Lipinski definition) is 0. The molecule has 0 heterocycles. The summed E-state index contributed by atoms with van der Waals surface area (Å²) in [6, 6.07) is 0. The molecule has 0 aromatic rings. The van der Waals surface area contributed by atoms with Crippen LogP contribution < -0.4 is 0 Å². The second-order valence-electron chi connectivity index (χ2n) is 17.7. The smallest absolute Gasteiger partial charge is 0.306 e. The highest BCUT2D eigenvalue weighted by molar-refractivity contribution is 5.71. The van der Waals surface area contributed by atoms with Gasteiger partial charge in [-0.05, 0) is 141 Å². The summed E-state index contributed by atoms with van der Waals surface area (Å²) in [5.41, 5.74) is 0. The molecule has 0 bridgehead atoms. The Morgan fingerprint density at radius 2 is 0.563 bits per heavy atom. The average Bonchev–Trinajstić information content (AvgIpc) is 3.37. The number of hydrogen-bond acceptors (Lipinski definition) is 6. The van der Waals surface area contributed by atoms with Gasteiger partial charge in [0.05, 0.1) is 0 Å². The summed E-state index contributed by atoms with van der Waals surface area (Å²) in [6.45, 7) is 6.32. The van der Waals surface area contributed by atoms with Crippen LogP contribution in [0.4, 0.5) is 0 Å². The van der Waals surface area contributed by atoms with Crippen LogP contribution in [-0.4, -0.2) is 37.2 Å². The van der Waals surface area contributed by atoms with Gasteiger partial charge in [-0.1, -0.05) is 211 Å². The first-order valence-electron chi connectivity index (χ1n) is 28.0. The molecule has 0 N–H and O–H groups in total. The number of rotatable bonds is 48. The minimum Gasteiger partial charge on any atom is -0.462 e. The lowest BCUT2D eigenvalue weighted by Gasteiger charge is -2.18. The zero-order valence-corrected chi connectivity index (χ0v) is 45.2. The molecule has 0 unspecified atom stereocenters. The molecule has 6 heteroatoms. The van der Waals surface area contributed by atoms with Crippen LogP contribution in [0.25, 0.3) is 0 Å². The van der Waals surface area contributed by atoms with E-state index < -0.39 is 12.1 Å². The zero-order valence-electron chi connectivity index (χ0n) is 45.2. The van der Waals surface area contributed by atoms with Gasteiger partial charge in [0, 0.05) is 19.3 Å². The normalized spacial score (nSPS) is 13.3. The molecule has 0 saturated heterocycles. The molecule has 0 aromatic heterocycles. The zero-order chi connectivity index (χ0) is 51.4. The Balaban J connectivity index is 4.66. The van der Waals surface area contributed by atoms with Gasteiger partial charge in [-0.15, -0.1) is 0 Å². The van der Waals surface area contributed by atoms with E-state index in [1.54, 1.807) is 0 Å². The third-order valence-corrected chi connectivity index (χ3v) is 11.0. The van der Waals surface area contributed by atoms with Crippen LogP contribution in [0, 0.1) is 0 Å². The molecule has 0 amide bonds. The molecule has 396 valence electrons. The van der Waals surface area contributed by atoms with Gasteiger partial charge in [-0.3, -0.25) is 14.4 Å². The highest BCUT2D eigenvalue weighted by atomic mass is 16.6. The monoisotopic (exact) mass is 977 g/mol. The van der Waals surface area contributed by atoms with Crippen molar-refractivity contribution in [3.63, 3.8) is 0 Å². The minimum atomic E-state index is -0.852. The highest BCUT2D eigenvalue weighted by Gasteiger charge is 2.19. The van der Waals surface area contributed by atoms with Crippen LogP contribution in [0.15, 0.2) is 158 Å². The Labute approximate surface area is 435 Å². The molecule has 0 aliphatic heterocycles. The van der Waals surface area contributed by atoms with Crippen LogP contribution in [0.2, 0.25) is 0 Å². The first-order chi connectivity index (χ1) is 35.0. The van der Waals surface area contributed by atoms with E-state index in [0.717, 1.165) is 109 Å². The molecule has 0 fully saturated rings. The molecular formula is C65H100O6. The number of carbonyl (C=O) groups is 3. The first kappa shape index (κ1) is 66.0. The number of allylic oxidation sites excluding steroid dienone is 26. The largest absolute Gasteiger partial charge is 0.462 e. The molecular weight excluding hydrogens is 877 g/mol. The summed E-state index contributed by atoms with van der Waals surface area (Å²) in [6.07, 6.45) is 83.8. The van der Waals surface area contributed by atoms with Gasteiger partial charge < -0.3 is 14.2 Å². The summed E-state index contributed by atoms with van der Waals surface area (Å²) in [7, 11) is 0. The van der Waals surface area contributed by atoms with E-state index in [9.17, 15) is 14.4 Å². The predicted molar refractivity (Wildman–Crippen MR) is 306 cm³/mol. The van der Waals surface area contributed by atoms with Gasteiger partial charge >= 0.3 is 17.9 Å². The van der Waals surface area contributed by atoms with Gasteiger partial charge in [0.2, 0.25) is 0 Å². The van der Waals surface area contributed by atoms with E-state index in [0.29, 0.717) is 19.3 Å². The summed E-state index contributed by atoms with van der Waals surface area (Å²) in [4.78, 5) is 38.1. The fourth-order valence-corrected chi connectivity index (χ4v) is 6.80. The van der Waals surface area contributed by atoms with E-state index in [4.69, 9.17) is 14.2 Å². The maximum atomic E-state index is 12.8. The number of esters is 3. The molecule has 71 heavy (non-hydrogen) atoms. The molecule has 6 nitrogen and oxygen atoms in total. The van der Waals surface area contributed by atoms with Crippen molar-refractivity contribution >= 4 is 17.9 Å². The number of ether oxygens (including phenoxy) is 3. The predicted octanol–water partition coefficient (Wildman–Crippen LogP) is 19.0. The van der Waals surface area contributed by atoms with Crippen molar-refractivity contribution in [2.24, 2.45) is 0 Å². The molecule has 0 aliphatic carbocycles. The quantitative estimate of drug-likeness (QED) is 0.0262. The van der Waals surface area contributed by atoms with E-state index in [-0.39, 0.29) is 38.0 Å². The Morgan fingerprint density at radius 3 is 0.887 bits per heavy atom. The van der Waals surface area contributed by atoms with Gasteiger partial charge in [0.25, 0.3) is 0 Å². The van der Waals surface area contributed by atoms with Crippen molar-refractivity contribution in [3.05, 3.63) is 158 Å². The molecule has 0 spiro atoms. The van der Waals surface area contributed by atoms with Crippen LogP contribution in [0.3, 0.4) is 0 Å². The minimum absolute atomic E-state index is 0.142.